The largest absolute Gasteiger partial charge is 0.394 e. The second-order valence-electron chi connectivity index (χ2n) is 15.5. The van der Waals surface area contributed by atoms with E-state index in [1.807, 2.05) is 0 Å². The summed E-state index contributed by atoms with van der Waals surface area (Å²) in [6.45, 7) is 10.1. The molecular formula is C33H52O8. The number of fused-ring (bicyclic) bond motifs is 7. The first-order chi connectivity index (χ1) is 19.5. The summed E-state index contributed by atoms with van der Waals surface area (Å²) >= 11 is 0. The molecule has 0 aromatic rings. The van der Waals surface area contributed by atoms with Gasteiger partial charge in [0.15, 0.2) is 12.1 Å². The summed E-state index contributed by atoms with van der Waals surface area (Å²) in [5, 5.41) is 40.4. The van der Waals surface area contributed by atoms with Gasteiger partial charge < -0.3 is 39.4 Å². The van der Waals surface area contributed by atoms with Crippen molar-refractivity contribution in [3.63, 3.8) is 0 Å². The van der Waals surface area contributed by atoms with Crippen LogP contribution in [0.15, 0.2) is 11.6 Å². The summed E-state index contributed by atoms with van der Waals surface area (Å²) in [5.74, 6) is 3.28. The summed E-state index contributed by atoms with van der Waals surface area (Å²) in [6.07, 6.45) is 6.24. The minimum absolute atomic E-state index is 0.129. The molecule has 8 nitrogen and oxygen atoms in total. The zero-order chi connectivity index (χ0) is 28.9. The molecule has 3 aliphatic heterocycles. The van der Waals surface area contributed by atoms with E-state index >= 15 is 0 Å². The van der Waals surface area contributed by atoms with Gasteiger partial charge in [-0.2, -0.15) is 0 Å². The Hall–Kier alpha value is -0.580. The maximum Gasteiger partial charge on any atom is 0.186 e. The topological polar surface area (TPSA) is 118 Å². The van der Waals surface area contributed by atoms with E-state index in [0.29, 0.717) is 47.0 Å². The Bertz CT molecular complexity index is 1020. The first-order valence-electron chi connectivity index (χ1n) is 16.5. The van der Waals surface area contributed by atoms with Crippen molar-refractivity contribution in [2.24, 2.45) is 46.3 Å². The van der Waals surface area contributed by atoms with Gasteiger partial charge in [0, 0.05) is 12.3 Å². The minimum atomic E-state index is -1.41. The Morgan fingerprint density at radius 1 is 0.976 bits per heavy atom. The third-order valence-electron chi connectivity index (χ3n) is 13.5. The highest BCUT2D eigenvalue weighted by Crippen LogP contribution is 2.70. The van der Waals surface area contributed by atoms with Crippen LogP contribution >= 0.6 is 0 Å². The molecule has 232 valence electrons. The molecule has 3 saturated carbocycles. The van der Waals surface area contributed by atoms with Crippen LogP contribution in [-0.4, -0.2) is 82.3 Å². The molecule has 7 rings (SSSR count). The van der Waals surface area contributed by atoms with Crippen molar-refractivity contribution in [2.75, 3.05) is 13.2 Å². The van der Waals surface area contributed by atoms with Crippen molar-refractivity contribution in [1.82, 2.24) is 0 Å². The molecule has 0 aromatic carbocycles. The van der Waals surface area contributed by atoms with Crippen LogP contribution in [0.1, 0.15) is 85.5 Å². The number of allylic oxidation sites excluding steroid dienone is 1. The van der Waals surface area contributed by atoms with Crippen LogP contribution in [-0.2, 0) is 18.9 Å². The smallest absolute Gasteiger partial charge is 0.186 e. The number of ether oxygens (including phenoxy) is 4. The van der Waals surface area contributed by atoms with Crippen molar-refractivity contribution in [3.05, 3.63) is 11.6 Å². The molecule has 2 unspecified atom stereocenters. The fourth-order valence-corrected chi connectivity index (χ4v) is 11.1. The summed E-state index contributed by atoms with van der Waals surface area (Å²) in [5.41, 5.74) is 1.91. The van der Waals surface area contributed by atoms with E-state index in [1.54, 1.807) is 0 Å². The van der Waals surface area contributed by atoms with E-state index in [4.69, 9.17) is 18.9 Å². The molecule has 3 saturated heterocycles. The highest BCUT2D eigenvalue weighted by Gasteiger charge is 2.68. The molecule has 41 heavy (non-hydrogen) atoms. The standard InChI is InChI=1S/C33H52O8/c1-17-7-12-33(38-16-17)18(2)26-24(41-33)14-23-21-6-5-19-13-20(8-10-31(19,3)22(21)9-11-32(23,26)4)39-30-29(37)28(36)27(35)25(15-34)40-30/h5,17-18,20-30,34-37H,6-16H2,1-4H3/t17?,18-,20?,21+,22-,23-,24-,25+,26-,27-,28-,29+,30+,31-,32-,33+/m0/s1. The van der Waals surface area contributed by atoms with Gasteiger partial charge in [-0.25, -0.2) is 0 Å². The number of rotatable bonds is 3. The van der Waals surface area contributed by atoms with E-state index in [0.717, 1.165) is 45.1 Å². The minimum Gasteiger partial charge on any atom is -0.394 e. The molecule has 6 fully saturated rings. The number of aliphatic hydroxyl groups excluding tert-OH is 4. The molecule has 0 bridgehead atoms. The molecule has 0 radical (unpaired) electrons. The van der Waals surface area contributed by atoms with Crippen molar-refractivity contribution < 1.29 is 39.4 Å². The molecule has 8 heteroatoms. The summed E-state index contributed by atoms with van der Waals surface area (Å²) in [7, 11) is 0. The maximum absolute atomic E-state index is 10.5. The predicted octanol–water partition coefficient (Wildman–Crippen LogP) is 3.54. The number of hydrogen-bond donors (Lipinski definition) is 4. The van der Waals surface area contributed by atoms with Crippen molar-refractivity contribution >= 4 is 0 Å². The third-order valence-corrected chi connectivity index (χ3v) is 13.5. The van der Waals surface area contributed by atoms with Crippen molar-refractivity contribution in [3.8, 4) is 0 Å². The Morgan fingerprint density at radius 3 is 2.51 bits per heavy atom. The fraction of sp³-hybridized carbons (Fsp3) is 0.939. The van der Waals surface area contributed by atoms with Crippen LogP contribution in [0.3, 0.4) is 0 Å². The van der Waals surface area contributed by atoms with Crippen LogP contribution < -0.4 is 0 Å². The second kappa shape index (κ2) is 10.2. The monoisotopic (exact) mass is 576 g/mol. The molecule has 7 aliphatic rings. The lowest BCUT2D eigenvalue weighted by molar-refractivity contribution is -0.313. The van der Waals surface area contributed by atoms with Crippen LogP contribution in [0, 0.1) is 46.3 Å². The van der Waals surface area contributed by atoms with Gasteiger partial charge in [-0.15, -0.1) is 0 Å². The highest BCUT2D eigenvalue weighted by molar-refractivity contribution is 5.26. The maximum atomic E-state index is 10.5. The number of aliphatic hydroxyl groups is 4. The molecule has 4 N–H and O–H groups in total. The summed E-state index contributed by atoms with van der Waals surface area (Å²) < 4.78 is 25.3. The lowest BCUT2D eigenvalue weighted by atomic mass is 9.47. The van der Waals surface area contributed by atoms with Crippen LogP contribution in [0.25, 0.3) is 0 Å². The van der Waals surface area contributed by atoms with E-state index in [2.05, 4.69) is 33.8 Å². The predicted molar refractivity (Wildman–Crippen MR) is 150 cm³/mol. The van der Waals surface area contributed by atoms with Gasteiger partial charge >= 0.3 is 0 Å². The Morgan fingerprint density at radius 2 is 1.78 bits per heavy atom. The molecule has 16 atom stereocenters. The van der Waals surface area contributed by atoms with Crippen LogP contribution in [0.5, 0.6) is 0 Å². The quantitative estimate of drug-likeness (QED) is 0.377. The van der Waals surface area contributed by atoms with Crippen molar-refractivity contribution in [1.29, 1.82) is 0 Å². The fourth-order valence-electron chi connectivity index (χ4n) is 11.1. The summed E-state index contributed by atoms with van der Waals surface area (Å²) in [6, 6.07) is 0. The molecule has 0 amide bonds. The highest BCUT2D eigenvalue weighted by atomic mass is 16.7. The zero-order valence-corrected chi connectivity index (χ0v) is 25.3. The lowest BCUT2D eigenvalue weighted by Crippen LogP contribution is -2.60. The SMILES string of the molecule is CC1CC[C@@]2(OC1)O[C@H]1C[C@H]3[C@@H]4CC=C5CC(O[C@@H]6O[C@H](CO)[C@H](O)[C@H](O)[C@H]6O)CC[C@]5(C)[C@H]4CC[C@]3(C)[C@H]1[C@@H]2C. The van der Waals surface area contributed by atoms with Gasteiger partial charge in [-0.1, -0.05) is 39.3 Å². The van der Waals surface area contributed by atoms with Gasteiger partial charge in [0.05, 0.1) is 25.4 Å². The van der Waals surface area contributed by atoms with Crippen LogP contribution in [0.4, 0.5) is 0 Å². The van der Waals surface area contributed by atoms with Gasteiger partial charge in [0.1, 0.15) is 24.4 Å². The molecule has 0 aromatic heterocycles. The molecular weight excluding hydrogens is 524 g/mol. The van der Waals surface area contributed by atoms with Gasteiger partial charge in [0.25, 0.3) is 0 Å². The molecule has 3 heterocycles. The van der Waals surface area contributed by atoms with E-state index in [1.165, 1.54) is 24.8 Å². The average molecular weight is 577 g/mol. The molecule has 1 spiro atoms. The normalized spacial score (nSPS) is 58.3. The zero-order valence-electron chi connectivity index (χ0n) is 25.3. The Balaban J connectivity index is 1.05. The second-order valence-corrected chi connectivity index (χ2v) is 15.5. The first kappa shape index (κ1) is 29.1. The third kappa shape index (κ3) is 4.29. The van der Waals surface area contributed by atoms with Crippen molar-refractivity contribution in [2.45, 2.75) is 134 Å². The number of hydrogen-bond acceptors (Lipinski definition) is 8. The summed E-state index contributed by atoms with van der Waals surface area (Å²) in [4.78, 5) is 0. The van der Waals surface area contributed by atoms with E-state index < -0.39 is 37.3 Å². The Kier molecular flexibility index (Phi) is 7.27. The van der Waals surface area contributed by atoms with E-state index in [-0.39, 0.29) is 17.3 Å². The average Bonchev–Trinajstić information content (AvgIpc) is 3.40. The van der Waals surface area contributed by atoms with Gasteiger partial charge in [-0.3, -0.25) is 0 Å². The van der Waals surface area contributed by atoms with Gasteiger partial charge in [0.2, 0.25) is 0 Å². The van der Waals surface area contributed by atoms with Gasteiger partial charge in [-0.05, 0) is 91.8 Å². The van der Waals surface area contributed by atoms with E-state index in [9.17, 15) is 20.4 Å². The Labute approximate surface area is 244 Å². The molecule has 4 aliphatic carbocycles. The van der Waals surface area contributed by atoms with Crippen LogP contribution in [0.2, 0.25) is 0 Å². The lowest BCUT2D eigenvalue weighted by Gasteiger charge is -2.58. The first-order valence-corrected chi connectivity index (χ1v) is 16.5.